The van der Waals surface area contributed by atoms with E-state index in [1.165, 1.54) is 0 Å². The summed E-state index contributed by atoms with van der Waals surface area (Å²) in [6, 6.07) is 19.3. The maximum absolute atomic E-state index is 12.5. The normalized spacial score (nSPS) is 10.3. The van der Waals surface area contributed by atoms with Crippen LogP contribution in [0.4, 0.5) is 5.69 Å². The SMILES string of the molecule is COc1c(C)cccc1C(=O)NC(=S)Nc1cccc2ccccc12. The number of hydrogen-bond acceptors (Lipinski definition) is 3. The van der Waals surface area contributed by atoms with Gasteiger partial charge in [0.15, 0.2) is 5.11 Å². The summed E-state index contributed by atoms with van der Waals surface area (Å²) in [5, 5.41) is 8.19. The molecule has 0 aliphatic rings. The van der Waals surface area contributed by atoms with Gasteiger partial charge in [-0.3, -0.25) is 10.1 Å². The van der Waals surface area contributed by atoms with Gasteiger partial charge in [-0.2, -0.15) is 0 Å². The predicted octanol–water partition coefficient (Wildman–Crippen LogP) is 4.28. The Bertz CT molecular complexity index is 948. The van der Waals surface area contributed by atoms with Crippen LogP contribution in [-0.4, -0.2) is 18.1 Å². The molecule has 25 heavy (non-hydrogen) atoms. The van der Waals surface area contributed by atoms with Crippen molar-refractivity contribution in [3.8, 4) is 5.75 Å². The molecule has 0 saturated carbocycles. The lowest BCUT2D eigenvalue weighted by molar-refractivity contribution is 0.0974. The number of nitrogens with one attached hydrogen (secondary N) is 2. The van der Waals surface area contributed by atoms with Gasteiger partial charge in [-0.1, -0.05) is 48.5 Å². The van der Waals surface area contributed by atoms with Gasteiger partial charge in [0.1, 0.15) is 5.75 Å². The van der Waals surface area contributed by atoms with Gasteiger partial charge >= 0.3 is 0 Å². The van der Waals surface area contributed by atoms with Gasteiger partial charge < -0.3 is 10.1 Å². The van der Waals surface area contributed by atoms with E-state index in [4.69, 9.17) is 17.0 Å². The molecule has 1 amide bonds. The van der Waals surface area contributed by atoms with Crippen LogP contribution >= 0.6 is 12.2 Å². The van der Waals surface area contributed by atoms with E-state index in [0.717, 1.165) is 22.0 Å². The Labute approximate surface area is 151 Å². The number of para-hydroxylation sites is 1. The highest BCUT2D eigenvalue weighted by Crippen LogP contribution is 2.24. The number of ether oxygens (including phenoxy) is 1. The first-order valence-corrected chi connectivity index (χ1v) is 8.24. The minimum absolute atomic E-state index is 0.241. The molecule has 0 atom stereocenters. The van der Waals surface area contributed by atoms with Crippen molar-refractivity contribution in [3.63, 3.8) is 0 Å². The number of aryl methyl sites for hydroxylation is 1. The Balaban J connectivity index is 1.79. The van der Waals surface area contributed by atoms with E-state index in [9.17, 15) is 4.79 Å². The number of methoxy groups -OCH3 is 1. The molecule has 0 saturated heterocycles. The van der Waals surface area contributed by atoms with Gasteiger partial charge in [-0.15, -0.1) is 0 Å². The van der Waals surface area contributed by atoms with E-state index in [1.54, 1.807) is 13.2 Å². The van der Waals surface area contributed by atoms with E-state index in [2.05, 4.69) is 10.6 Å². The zero-order valence-corrected chi connectivity index (χ0v) is 14.8. The minimum Gasteiger partial charge on any atom is -0.496 e. The first-order chi connectivity index (χ1) is 12.1. The third-order valence-corrected chi connectivity index (χ3v) is 4.13. The van der Waals surface area contributed by atoms with Gasteiger partial charge in [0, 0.05) is 11.1 Å². The van der Waals surface area contributed by atoms with Crippen LogP contribution < -0.4 is 15.4 Å². The first-order valence-electron chi connectivity index (χ1n) is 7.84. The number of hydrogen-bond donors (Lipinski definition) is 2. The van der Waals surface area contributed by atoms with E-state index in [-0.39, 0.29) is 11.0 Å². The molecular weight excluding hydrogens is 332 g/mol. The number of thiocarbonyl (C=S) groups is 1. The maximum Gasteiger partial charge on any atom is 0.261 e. The van der Waals surface area contributed by atoms with E-state index < -0.39 is 0 Å². The molecule has 5 heteroatoms. The van der Waals surface area contributed by atoms with Crippen molar-refractivity contribution < 1.29 is 9.53 Å². The molecule has 0 radical (unpaired) electrons. The number of anilines is 1. The molecule has 3 rings (SSSR count). The molecule has 2 N–H and O–H groups in total. The third kappa shape index (κ3) is 3.61. The molecular formula is C20H18N2O2S. The van der Waals surface area contributed by atoms with E-state index >= 15 is 0 Å². The van der Waals surface area contributed by atoms with Crippen molar-refractivity contribution in [3.05, 3.63) is 71.8 Å². The lowest BCUT2D eigenvalue weighted by Crippen LogP contribution is -2.34. The molecule has 0 aliphatic heterocycles. The van der Waals surface area contributed by atoms with Crippen molar-refractivity contribution in [2.45, 2.75) is 6.92 Å². The minimum atomic E-state index is -0.307. The first kappa shape index (κ1) is 16.9. The quantitative estimate of drug-likeness (QED) is 0.692. The van der Waals surface area contributed by atoms with Crippen LogP contribution in [0.5, 0.6) is 5.75 Å². The highest BCUT2D eigenvalue weighted by Gasteiger charge is 2.15. The molecule has 3 aromatic rings. The summed E-state index contributed by atoms with van der Waals surface area (Å²) in [5.41, 5.74) is 2.19. The van der Waals surface area contributed by atoms with E-state index in [0.29, 0.717) is 11.3 Å². The van der Waals surface area contributed by atoms with Gasteiger partial charge in [0.2, 0.25) is 0 Å². The lowest BCUT2D eigenvalue weighted by Gasteiger charge is -2.14. The summed E-state index contributed by atoms with van der Waals surface area (Å²) in [7, 11) is 1.55. The predicted molar refractivity (Wildman–Crippen MR) is 105 cm³/mol. The number of carbonyl (C=O) groups excluding carboxylic acids is 1. The molecule has 0 spiro atoms. The van der Waals surface area contributed by atoms with Gasteiger partial charge in [-0.05, 0) is 42.2 Å². The number of benzene rings is 3. The fraction of sp³-hybridized carbons (Fsp3) is 0.100. The summed E-state index contributed by atoms with van der Waals surface area (Å²) >= 11 is 5.30. The highest BCUT2D eigenvalue weighted by molar-refractivity contribution is 7.80. The van der Waals surface area contributed by atoms with Gasteiger partial charge in [0.25, 0.3) is 5.91 Å². The van der Waals surface area contributed by atoms with E-state index in [1.807, 2.05) is 61.5 Å². The summed E-state index contributed by atoms with van der Waals surface area (Å²) in [5.74, 6) is 0.242. The van der Waals surface area contributed by atoms with Crippen LogP contribution in [0.2, 0.25) is 0 Å². The van der Waals surface area contributed by atoms with Crippen LogP contribution in [0.25, 0.3) is 10.8 Å². The second-order valence-corrected chi connectivity index (χ2v) is 6.00. The summed E-state index contributed by atoms with van der Waals surface area (Å²) in [4.78, 5) is 12.5. The lowest BCUT2D eigenvalue weighted by atomic mass is 10.1. The Morgan fingerprint density at radius 2 is 1.72 bits per heavy atom. The number of fused-ring (bicyclic) bond motifs is 1. The van der Waals surface area contributed by atoms with Crippen LogP contribution in [0.15, 0.2) is 60.7 Å². The van der Waals surface area contributed by atoms with Gasteiger partial charge in [-0.25, -0.2) is 0 Å². The Hall–Kier alpha value is -2.92. The van der Waals surface area contributed by atoms with Gasteiger partial charge in [0.05, 0.1) is 12.7 Å². The summed E-state index contributed by atoms with van der Waals surface area (Å²) in [6.45, 7) is 1.89. The molecule has 0 aromatic heterocycles. The largest absolute Gasteiger partial charge is 0.496 e. The zero-order valence-electron chi connectivity index (χ0n) is 14.0. The molecule has 0 fully saturated rings. The Morgan fingerprint density at radius 3 is 2.52 bits per heavy atom. The molecule has 0 bridgehead atoms. The standard InChI is InChI=1S/C20H18N2O2S/c1-13-7-5-11-16(18(13)24-2)19(23)22-20(25)21-17-12-6-9-14-8-3-4-10-15(14)17/h3-12H,1-2H3,(H2,21,22,23,25). The molecule has 126 valence electrons. The van der Waals surface area contributed by atoms with Crippen LogP contribution in [-0.2, 0) is 0 Å². The number of rotatable bonds is 3. The summed E-state index contributed by atoms with van der Waals surface area (Å²) < 4.78 is 5.33. The zero-order chi connectivity index (χ0) is 17.8. The fourth-order valence-corrected chi connectivity index (χ4v) is 2.96. The molecule has 3 aromatic carbocycles. The van der Waals surface area contributed by atoms with Crippen molar-refractivity contribution in [1.29, 1.82) is 0 Å². The third-order valence-electron chi connectivity index (χ3n) is 3.93. The monoisotopic (exact) mass is 350 g/mol. The number of amides is 1. The maximum atomic E-state index is 12.5. The molecule has 0 heterocycles. The van der Waals surface area contributed by atoms with Crippen molar-refractivity contribution in [2.75, 3.05) is 12.4 Å². The average Bonchev–Trinajstić information content (AvgIpc) is 2.61. The molecule has 0 unspecified atom stereocenters. The number of carbonyl (C=O) groups is 1. The highest BCUT2D eigenvalue weighted by atomic mass is 32.1. The smallest absolute Gasteiger partial charge is 0.261 e. The fourth-order valence-electron chi connectivity index (χ4n) is 2.76. The molecule has 0 aliphatic carbocycles. The van der Waals surface area contributed by atoms with Crippen molar-refractivity contribution in [2.24, 2.45) is 0 Å². The van der Waals surface area contributed by atoms with Crippen LogP contribution in [0.1, 0.15) is 15.9 Å². The Morgan fingerprint density at radius 1 is 1.00 bits per heavy atom. The van der Waals surface area contributed by atoms with Crippen LogP contribution in [0, 0.1) is 6.92 Å². The topological polar surface area (TPSA) is 50.4 Å². The average molecular weight is 350 g/mol. The Kier molecular flexibility index (Phi) is 4.95. The van der Waals surface area contributed by atoms with Crippen molar-refractivity contribution >= 4 is 39.7 Å². The summed E-state index contributed by atoms with van der Waals surface area (Å²) in [6.07, 6.45) is 0. The second kappa shape index (κ2) is 7.32. The van der Waals surface area contributed by atoms with Crippen molar-refractivity contribution in [1.82, 2.24) is 5.32 Å². The second-order valence-electron chi connectivity index (χ2n) is 5.59. The molecule has 4 nitrogen and oxygen atoms in total. The van der Waals surface area contributed by atoms with Crippen LogP contribution in [0.3, 0.4) is 0 Å².